The molecule has 21 heavy (non-hydrogen) atoms. The number of carbonyl (C=O) groups is 3. The highest BCUT2D eigenvalue weighted by Crippen LogP contribution is 2.32. The van der Waals surface area contributed by atoms with Gasteiger partial charge in [0.25, 0.3) is 0 Å². The number of aliphatic carboxylic acids is 1. The van der Waals surface area contributed by atoms with Crippen molar-refractivity contribution >= 4 is 17.8 Å². The number of amides is 2. The van der Waals surface area contributed by atoms with E-state index in [0.29, 0.717) is 5.56 Å². The van der Waals surface area contributed by atoms with Gasteiger partial charge in [0.05, 0.1) is 5.92 Å². The fourth-order valence-electron chi connectivity index (χ4n) is 2.61. The third-order valence-electron chi connectivity index (χ3n) is 3.73. The second-order valence-corrected chi connectivity index (χ2v) is 6.22. The van der Waals surface area contributed by atoms with E-state index in [9.17, 15) is 19.5 Å². The maximum absolute atomic E-state index is 12.1. The summed E-state index contributed by atoms with van der Waals surface area (Å²) in [5.74, 6) is -2.51. The number of nitrogens with zero attached hydrogens (tertiary/aromatic N) is 1. The second-order valence-electron chi connectivity index (χ2n) is 6.22. The van der Waals surface area contributed by atoms with E-state index in [0.717, 1.165) is 4.90 Å². The molecule has 2 amide bonds. The molecule has 1 N–H and O–H groups in total. The van der Waals surface area contributed by atoms with Crippen molar-refractivity contribution < 1.29 is 19.5 Å². The molecule has 0 bridgehead atoms. The molecule has 1 aliphatic rings. The zero-order chi connectivity index (χ0) is 15.6. The van der Waals surface area contributed by atoms with Crippen LogP contribution in [0.3, 0.4) is 0 Å². The molecule has 1 fully saturated rings. The molecule has 1 aromatic rings. The van der Waals surface area contributed by atoms with Gasteiger partial charge in [-0.3, -0.25) is 19.3 Å². The first-order valence-corrected chi connectivity index (χ1v) is 6.91. The highest BCUT2D eigenvalue weighted by atomic mass is 16.4. The molecular formula is C16H19NO4. The lowest BCUT2D eigenvalue weighted by Crippen LogP contribution is -2.48. The van der Waals surface area contributed by atoms with Crippen LogP contribution in [-0.2, 0) is 14.4 Å². The van der Waals surface area contributed by atoms with Gasteiger partial charge in [-0.25, -0.2) is 0 Å². The van der Waals surface area contributed by atoms with Gasteiger partial charge >= 0.3 is 5.97 Å². The molecule has 0 radical (unpaired) electrons. The van der Waals surface area contributed by atoms with Crippen molar-refractivity contribution in [2.24, 2.45) is 5.41 Å². The lowest BCUT2D eigenvalue weighted by atomic mass is 9.81. The first-order chi connectivity index (χ1) is 9.80. The van der Waals surface area contributed by atoms with Crippen molar-refractivity contribution in [2.75, 3.05) is 6.54 Å². The lowest BCUT2D eigenvalue weighted by Gasteiger charge is -2.35. The van der Waals surface area contributed by atoms with Gasteiger partial charge in [0.15, 0.2) is 0 Å². The fraction of sp³-hybridized carbons (Fsp3) is 0.438. The van der Waals surface area contributed by atoms with Crippen molar-refractivity contribution in [3.63, 3.8) is 0 Å². The largest absolute Gasteiger partial charge is 0.481 e. The summed E-state index contributed by atoms with van der Waals surface area (Å²) >= 11 is 0. The first-order valence-electron chi connectivity index (χ1n) is 6.91. The Bertz CT molecular complexity index is 545. The topological polar surface area (TPSA) is 74.7 Å². The molecule has 0 aromatic heterocycles. The lowest BCUT2D eigenvalue weighted by molar-refractivity contribution is -0.153. The summed E-state index contributed by atoms with van der Waals surface area (Å²) in [6, 6.07) is 8.67. The minimum atomic E-state index is -1.04. The van der Waals surface area contributed by atoms with E-state index in [1.165, 1.54) is 0 Å². The van der Waals surface area contributed by atoms with E-state index >= 15 is 0 Å². The smallest absolute Gasteiger partial charge is 0.312 e. The van der Waals surface area contributed by atoms with Crippen molar-refractivity contribution in [3.8, 4) is 0 Å². The van der Waals surface area contributed by atoms with Crippen molar-refractivity contribution in [3.05, 3.63) is 35.9 Å². The standard InChI is InChI=1S/C16H19NO4/c1-16(2)8-13(18)17(14(19)9-16)10-12(15(20)21)11-6-4-3-5-7-11/h3-7,12H,8-10H2,1-2H3,(H,20,21). The van der Waals surface area contributed by atoms with Gasteiger partial charge in [0.2, 0.25) is 11.8 Å². The zero-order valence-corrected chi connectivity index (χ0v) is 12.2. The molecule has 0 spiro atoms. The van der Waals surface area contributed by atoms with Crippen LogP contribution < -0.4 is 0 Å². The van der Waals surface area contributed by atoms with Crippen LogP contribution in [0.1, 0.15) is 38.2 Å². The summed E-state index contributed by atoms with van der Waals surface area (Å²) in [5, 5.41) is 9.38. The van der Waals surface area contributed by atoms with E-state index in [2.05, 4.69) is 0 Å². The van der Waals surface area contributed by atoms with Crippen LogP contribution in [0.5, 0.6) is 0 Å². The van der Waals surface area contributed by atoms with Crippen LogP contribution in [0, 0.1) is 5.41 Å². The summed E-state index contributed by atoms with van der Waals surface area (Å²) in [7, 11) is 0. The van der Waals surface area contributed by atoms with Crippen molar-refractivity contribution in [1.82, 2.24) is 4.90 Å². The molecule has 1 heterocycles. The van der Waals surface area contributed by atoms with Crippen LogP contribution in [0.25, 0.3) is 0 Å². The van der Waals surface area contributed by atoms with E-state index in [4.69, 9.17) is 0 Å². The Labute approximate surface area is 123 Å². The van der Waals surface area contributed by atoms with Crippen molar-refractivity contribution in [1.29, 1.82) is 0 Å². The Kier molecular flexibility index (Phi) is 4.11. The summed E-state index contributed by atoms with van der Waals surface area (Å²) in [4.78, 5) is 36.8. The Balaban J connectivity index is 2.20. The monoisotopic (exact) mass is 289 g/mol. The number of carboxylic acid groups (broad SMARTS) is 1. The highest BCUT2D eigenvalue weighted by molar-refractivity contribution is 5.99. The Hall–Kier alpha value is -2.17. The second kappa shape index (κ2) is 5.68. The minimum Gasteiger partial charge on any atom is -0.481 e. The summed E-state index contributed by atoms with van der Waals surface area (Å²) < 4.78 is 0. The number of piperidine rings is 1. The predicted molar refractivity (Wildman–Crippen MR) is 76.6 cm³/mol. The number of likely N-dealkylation sites (tertiary alicyclic amines) is 1. The molecule has 2 rings (SSSR count). The first kappa shape index (κ1) is 15.2. The van der Waals surface area contributed by atoms with E-state index in [1.54, 1.807) is 30.3 Å². The Morgan fingerprint density at radius 2 is 1.71 bits per heavy atom. The van der Waals surface area contributed by atoms with E-state index in [1.807, 2.05) is 13.8 Å². The molecule has 112 valence electrons. The van der Waals surface area contributed by atoms with Crippen LogP contribution >= 0.6 is 0 Å². The van der Waals surface area contributed by atoms with Gasteiger partial charge in [-0.15, -0.1) is 0 Å². The Morgan fingerprint density at radius 1 is 1.19 bits per heavy atom. The normalized spacial score (nSPS) is 19.4. The molecule has 5 nitrogen and oxygen atoms in total. The number of rotatable bonds is 4. The molecule has 0 saturated carbocycles. The fourth-order valence-corrected chi connectivity index (χ4v) is 2.61. The molecular weight excluding hydrogens is 270 g/mol. The third kappa shape index (κ3) is 3.48. The molecule has 5 heteroatoms. The SMILES string of the molecule is CC1(C)CC(=O)N(CC(C(=O)O)c2ccccc2)C(=O)C1. The number of benzene rings is 1. The van der Waals surface area contributed by atoms with Gasteiger partial charge < -0.3 is 5.11 Å². The van der Waals surface area contributed by atoms with Crippen LogP contribution in [0.15, 0.2) is 30.3 Å². The summed E-state index contributed by atoms with van der Waals surface area (Å²) in [5.41, 5.74) is 0.242. The third-order valence-corrected chi connectivity index (χ3v) is 3.73. The predicted octanol–water partition coefficient (Wildman–Crippen LogP) is 2.03. The van der Waals surface area contributed by atoms with Crippen LogP contribution in [0.4, 0.5) is 0 Å². The Morgan fingerprint density at radius 3 is 2.19 bits per heavy atom. The molecule has 1 unspecified atom stereocenters. The maximum Gasteiger partial charge on any atom is 0.312 e. The quantitative estimate of drug-likeness (QED) is 0.861. The van der Waals surface area contributed by atoms with E-state index in [-0.39, 0.29) is 36.6 Å². The average Bonchev–Trinajstić information content (AvgIpc) is 2.37. The summed E-state index contributed by atoms with van der Waals surface area (Å²) in [6.45, 7) is 3.63. The number of carboxylic acids is 1. The van der Waals surface area contributed by atoms with Gasteiger partial charge in [-0.2, -0.15) is 0 Å². The molecule has 0 aliphatic carbocycles. The van der Waals surface area contributed by atoms with Gasteiger partial charge in [0, 0.05) is 19.4 Å². The van der Waals surface area contributed by atoms with Crippen LogP contribution in [-0.4, -0.2) is 34.3 Å². The molecule has 1 saturated heterocycles. The zero-order valence-electron chi connectivity index (χ0n) is 12.2. The minimum absolute atomic E-state index is 0.104. The van der Waals surface area contributed by atoms with Crippen LogP contribution in [0.2, 0.25) is 0 Å². The van der Waals surface area contributed by atoms with Gasteiger partial charge in [-0.05, 0) is 11.0 Å². The maximum atomic E-state index is 12.1. The molecule has 1 atom stereocenters. The average molecular weight is 289 g/mol. The highest BCUT2D eigenvalue weighted by Gasteiger charge is 2.39. The van der Waals surface area contributed by atoms with Crippen molar-refractivity contribution in [2.45, 2.75) is 32.6 Å². The number of hydrogen-bond donors (Lipinski definition) is 1. The summed E-state index contributed by atoms with van der Waals surface area (Å²) in [6.07, 6.45) is 0.528. The van der Waals surface area contributed by atoms with Gasteiger partial charge in [0.1, 0.15) is 0 Å². The molecule has 1 aliphatic heterocycles. The number of carbonyl (C=O) groups excluding carboxylic acids is 2. The van der Waals surface area contributed by atoms with E-state index < -0.39 is 11.9 Å². The molecule has 1 aromatic carbocycles. The number of imide groups is 1. The van der Waals surface area contributed by atoms with Gasteiger partial charge in [-0.1, -0.05) is 44.2 Å². The number of hydrogen-bond acceptors (Lipinski definition) is 3.